The van der Waals surface area contributed by atoms with E-state index in [1.165, 1.54) is 4.90 Å². The van der Waals surface area contributed by atoms with Crippen molar-refractivity contribution in [3.63, 3.8) is 0 Å². The van der Waals surface area contributed by atoms with Crippen LogP contribution in [0.25, 0.3) is 10.8 Å². The Hall–Kier alpha value is -2.54. The summed E-state index contributed by atoms with van der Waals surface area (Å²) in [5.41, 5.74) is -0.252. The number of carboxylic acids is 1. The summed E-state index contributed by atoms with van der Waals surface area (Å²) in [6.07, 6.45) is 0.890. The minimum absolute atomic E-state index is 0.0586. The number of aromatic hydroxyl groups is 1. The second-order valence-electron chi connectivity index (χ2n) is 6.47. The topological polar surface area (TPSA) is 100.0 Å². The van der Waals surface area contributed by atoms with Crippen molar-refractivity contribution in [2.24, 2.45) is 0 Å². The van der Waals surface area contributed by atoms with E-state index in [1.54, 1.807) is 18.2 Å². The van der Waals surface area contributed by atoms with Crippen molar-refractivity contribution < 1.29 is 24.5 Å². The largest absolute Gasteiger partial charge is 0.505 e. The Morgan fingerprint density at radius 2 is 2.08 bits per heavy atom. The standard InChI is InChI=1S/C18H19ClN2O5/c1-9(2)26-10-5-6-11-12(8-10)15(22)14(20-16(11)19)17(23)21-7-3-4-13(21)18(24)25/h5-6,8-9,13,22H,3-4,7H2,1-2H3,(H,24,25)/t13-/m0/s1. The highest BCUT2D eigenvalue weighted by Crippen LogP contribution is 2.36. The molecular weight excluding hydrogens is 360 g/mol. The molecular formula is C18H19ClN2O5. The third-order valence-electron chi connectivity index (χ3n) is 4.28. The lowest BCUT2D eigenvalue weighted by atomic mass is 10.1. The van der Waals surface area contributed by atoms with Gasteiger partial charge in [0.15, 0.2) is 11.4 Å². The molecule has 1 aliphatic heterocycles. The number of aromatic nitrogens is 1. The maximum Gasteiger partial charge on any atom is 0.326 e. The molecule has 26 heavy (non-hydrogen) atoms. The zero-order valence-electron chi connectivity index (χ0n) is 14.4. The fourth-order valence-corrected chi connectivity index (χ4v) is 3.38. The van der Waals surface area contributed by atoms with E-state index in [9.17, 15) is 19.8 Å². The Morgan fingerprint density at radius 1 is 1.35 bits per heavy atom. The van der Waals surface area contributed by atoms with Crippen LogP contribution in [0.5, 0.6) is 11.5 Å². The van der Waals surface area contributed by atoms with Crippen LogP contribution in [0.3, 0.4) is 0 Å². The average Bonchev–Trinajstić information content (AvgIpc) is 3.07. The highest BCUT2D eigenvalue weighted by molar-refractivity contribution is 6.35. The quantitative estimate of drug-likeness (QED) is 0.793. The Morgan fingerprint density at radius 3 is 2.73 bits per heavy atom. The molecule has 1 aliphatic rings. The van der Waals surface area contributed by atoms with Crippen LogP contribution < -0.4 is 4.74 Å². The Labute approximate surface area is 155 Å². The van der Waals surface area contributed by atoms with Gasteiger partial charge in [-0.2, -0.15) is 0 Å². The molecule has 1 aromatic carbocycles. The minimum atomic E-state index is -1.07. The number of ether oxygens (including phenoxy) is 1. The molecule has 1 aromatic heterocycles. The molecule has 1 amide bonds. The zero-order valence-corrected chi connectivity index (χ0v) is 15.2. The number of hydrogen-bond donors (Lipinski definition) is 2. The van der Waals surface area contributed by atoms with Gasteiger partial charge >= 0.3 is 5.97 Å². The third kappa shape index (κ3) is 3.26. The SMILES string of the molecule is CC(C)Oc1ccc2c(Cl)nc(C(=O)N3CCC[C@H]3C(=O)O)c(O)c2c1. The maximum atomic E-state index is 12.8. The second kappa shape index (κ2) is 6.99. The van der Waals surface area contributed by atoms with Gasteiger partial charge in [-0.3, -0.25) is 4.79 Å². The van der Waals surface area contributed by atoms with Crippen LogP contribution in [-0.2, 0) is 4.79 Å². The lowest BCUT2D eigenvalue weighted by Crippen LogP contribution is -2.40. The van der Waals surface area contributed by atoms with Crippen LogP contribution in [0.1, 0.15) is 37.2 Å². The monoisotopic (exact) mass is 378 g/mol. The van der Waals surface area contributed by atoms with E-state index in [4.69, 9.17) is 16.3 Å². The number of aliphatic carboxylic acids is 1. The zero-order chi connectivity index (χ0) is 19.0. The van der Waals surface area contributed by atoms with Gasteiger partial charge in [0.25, 0.3) is 5.91 Å². The van der Waals surface area contributed by atoms with Gasteiger partial charge in [0.2, 0.25) is 0 Å². The molecule has 138 valence electrons. The summed E-state index contributed by atoms with van der Waals surface area (Å²) in [7, 11) is 0. The summed E-state index contributed by atoms with van der Waals surface area (Å²) >= 11 is 6.19. The number of likely N-dealkylation sites (tertiary alicyclic amines) is 1. The number of carbonyl (C=O) groups excluding carboxylic acids is 1. The number of nitrogens with zero attached hydrogens (tertiary/aromatic N) is 2. The molecule has 0 radical (unpaired) electrons. The fraction of sp³-hybridized carbons (Fsp3) is 0.389. The first-order valence-electron chi connectivity index (χ1n) is 8.32. The van der Waals surface area contributed by atoms with Crippen LogP contribution >= 0.6 is 11.6 Å². The molecule has 3 rings (SSSR count). The van der Waals surface area contributed by atoms with E-state index in [0.717, 1.165) is 0 Å². The molecule has 0 aliphatic carbocycles. The van der Waals surface area contributed by atoms with E-state index in [-0.39, 0.29) is 22.7 Å². The predicted molar refractivity (Wildman–Crippen MR) is 95.9 cm³/mol. The molecule has 0 spiro atoms. The number of amides is 1. The molecule has 0 unspecified atom stereocenters. The van der Waals surface area contributed by atoms with Crippen LogP contribution in [0.15, 0.2) is 18.2 Å². The third-order valence-corrected chi connectivity index (χ3v) is 4.56. The highest BCUT2D eigenvalue weighted by atomic mass is 35.5. The summed E-state index contributed by atoms with van der Waals surface area (Å²) in [6, 6.07) is 4.03. The molecule has 2 N–H and O–H groups in total. The first-order chi connectivity index (χ1) is 12.3. The average molecular weight is 379 g/mol. The smallest absolute Gasteiger partial charge is 0.326 e. The Bertz CT molecular complexity index is 884. The number of fused-ring (bicyclic) bond motifs is 1. The van der Waals surface area contributed by atoms with E-state index >= 15 is 0 Å². The summed E-state index contributed by atoms with van der Waals surface area (Å²) in [6.45, 7) is 4.04. The summed E-state index contributed by atoms with van der Waals surface area (Å²) in [5.74, 6) is -1.53. The second-order valence-corrected chi connectivity index (χ2v) is 6.83. The number of rotatable bonds is 4. The maximum absolute atomic E-state index is 12.8. The number of pyridine rings is 1. The number of carboxylic acid groups (broad SMARTS) is 1. The predicted octanol–water partition coefficient (Wildman–Crippen LogP) is 3.07. The molecule has 1 atom stereocenters. The van der Waals surface area contributed by atoms with Crippen molar-refractivity contribution in [1.29, 1.82) is 0 Å². The van der Waals surface area contributed by atoms with E-state index in [2.05, 4.69) is 4.98 Å². The molecule has 1 fully saturated rings. The van der Waals surface area contributed by atoms with Crippen molar-refractivity contribution in [3.05, 3.63) is 29.0 Å². The van der Waals surface area contributed by atoms with Crippen molar-refractivity contribution in [2.45, 2.75) is 38.8 Å². The summed E-state index contributed by atoms with van der Waals surface area (Å²) in [5, 5.41) is 20.8. The van der Waals surface area contributed by atoms with Gasteiger partial charge in [-0.1, -0.05) is 11.6 Å². The van der Waals surface area contributed by atoms with Gasteiger partial charge < -0.3 is 19.8 Å². The fourth-order valence-electron chi connectivity index (χ4n) is 3.14. The molecule has 0 bridgehead atoms. The normalized spacial score (nSPS) is 17.1. The van der Waals surface area contributed by atoms with Crippen LogP contribution in [0.4, 0.5) is 0 Å². The van der Waals surface area contributed by atoms with Crippen molar-refractivity contribution in [3.8, 4) is 11.5 Å². The highest BCUT2D eigenvalue weighted by Gasteiger charge is 2.36. The van der Waals surface area contributed by atoms with Gasteiger partial charge in [0, 0.05) is 17.3 Å². The van der Waals surface area contributed by atoms with Crippen LogP contribution in [0, 0.1) is 0 Å². The lowest BCUT2D eigenvalue weighted by Gasteiger charge is -2.22. The Kier molecular flexibility index (Phi) is 4.91. The Balaban J connectivity index is 2.07. The summed E-state index contributed by atoms with van der Waals surface area (Å²) in [4.78, 5) is 29.4. The molecule has 2 heterocycles. The van der Waals surface area contributed by atoms with Gasteiger partial charge in [-0.05, 0) is 44.9 Å². The van der Waals surface area contributed by atoms with E-state index < -0.39 is 17.9 Å². The minimum Gasteiger partial charge on any atom is -0.505 e. The molecule has 8 heteroatoms. The molecule has 2 aromatic rings. The summed E-state index contributed by atoms with van der Waals surface area (Å²) < 4.78 is 5.62. The van der Waals surface area contributed by atoms with E-state index in [0.29, 0.717) is 35.9 Å². The number of halogens is 1. The molecule has 7 nitrogen and oxygen atoms in total. The molecule has 0 saturated carbocycles. The number of hydrogen-bond acceptors (Lipinski definition) is 5. The van der Waals surface area contributed by atoms with Crippen LogP contribution in [0.2, 0.25) is 5.15 Å². The van der Waals surface area contributed by atoms with Crippen molar-refractivity contribution in [2.75, 3.05) is 6.54 Å². The van der Waals surface area contributed by atoms with Gasteiger partial charge in [-0.15, -0.1) is 0 Å². The number of carbonyl (C=O) groups is 2. The molecule has 1 saturated heterocycles. The van der Waals surface area contributed by atoms with Crippen LogP contribution in [-0.4, -0.2) is 50.7 Å². The number of benzene rings is 1. The lowest BCUT2D eigenvalue weighted by molar-refractivity contribution is -0.141. The van der Waals surface area contributed by atoms with Gasteiger partial charge in [-0.25, -0.2) is 9.78 Å². The van der Waals surface area contributed by atoms with Crippen molar-refractivity contribution >= 4 is 34.2 Å². The van der Waals surface area contributed by atoms with Crippen molar-refractivity contribution in [1.82, 2.24) is 9.88 Å². The van der Waals surface area contributed by atoms with E-state index in [1.807, 2.05) is 13.8 Å². The van der Waals surface area contributed by atoms with Gasteiger partial charge in [0.05, 0.1) is 6.10 Å². The first kappa shape index (κ1) is 18.3. The van der Waals surface area contributed by atoms with Gasteiger partial charge in [0.1, 0.15) is 16.9 Å². The first-order valence-corrected chi connectivity index (χ1v) is 8.70.